The van der Waals surface area contributed by atoms with Gasteiger partial charge in [-0.3, -0.25) is 9.67 Å². The molecule has 0 radical (unpaired) electrons. The van der Waals surface area contributed by atoms with Gasteiger partial charge < -0.3 is 4.74 Å². The molecule has 0 aliphatic heterocycles. The number of aromatic nitrogens is 3. The molecular weight excluding hydrogens is 319 g/mol. The third-order valence-corrected chi connectivity index (χ3v) is 4.47. The van der Waals surface area contributed by atoms with Crippen LogP contribution in [0, 0.1) is 5.92 Å². The van der Waals surface area contributed by atoms with E-state index in [2.05, 4.69) is 10.1 Å². The van der Waals surface area contributed by atoms with Crippen molar-refractivity contribution in [2.45, 2.75) is 44.3 Å². The van der Waals surface area contributed by atoms with Gasteiger partial charge >= 0.3 is 6.18 Å². The lowest BCUT2D eigenvalue weighted by Gasteiger charge is -2.32. The van der Waals surface area contributed by atoms with E-state index in [4.69, 9.17) is 4.74 Å². The lowest BCUT2D eigenvalue weighted by molar-refractivity contribution is -0.143. The van der Waals surface area contributed by atoms with E-state index >= 15 is 0 Å². The summed E-state index contributed by atoms with van der Waals surface area (Å²) in [5.74, 6) is 0.911. The van der Waals surface area contributed by atoms with E-state index in [1.165, 1.54) is 6.20 Å². The van der Waals surface area contributed by atoms with Crippen LogP contribution < -0.4 is 4.74 Å². The molecule has 0 spiro atoms. The quantitative estimate of drug-likeness (QED) is 0.820. The molecule has 4 nitrogen and oxygen atoms in total. The zero-order valence-corrected chi connectivity index (χ0v) is 13.2. The maximum atomic E-state index is 12.7. The SMILES string of the molecule is FC(F)(F)Cn1nccc1C1CCCCC1COc1cccnc1. The van der Waals surface area contributed by atoms with Gasteiger partial charge in [0.1, 0.15) is 12.3 Å². The highest BCUT2D eigenvalue weighted by Gasteiger charge is 2.33. The van der Waals surface area contributed by atoms with Gasteiger partial charge in [0.2, 0.25) is 0 Å². The van der Waals surface area contributed by atoms with Gasteiger partial charge in [-0.25, -0.2) is 0 Å². The predicted octanol–water partition coefficient (Wildman–Crippen LogP) is 4.19. The second kappa shape index (κ2) is 7.23. The molecule has 1 aliphatic carbocycles. The number of nitrogens with zero attached hydrogens (tertiary/aromatic N) is 3. The van der Waals surface area contributed by atoms with Crippen molar-refractivity contribution in [3.05, 3.63) is 42.5 Å². The summed E-state index contributed by atoms with van der Waals surface area (Å²) in [6.07, 6.45) is 4.41. The molecule has 2 heterocycles. The average Bonchev–Trinajstić information content (AvgIpc) is 3.00. The van der Waals surface area contributed by atoms with Crippen molar-refractivity contribution in [2.24, 2.45) is 5.92 Å². The first kappa shape index (κ1) is 16.8. The van der Waals surface area contributed by atoms with Crippen molar-refractivity contribution >= 4 is 0 Å². The van der Waals surface area contributed by atoms with Gasteiger partial charge in [-0.1, -0.05) is 12.8 Å². The molecule has 0 aromatic carbocycles. The van der Waals surface area contributed by atoms with E-state index in [1.807, 2.05) is 6.07 Å². The average molecular weight is 339 g/mol. The van der Waals surface area contributed by atoms with Gasteiger partial charge in [0, 0.05) is 29.9 Å². The van der Waals surface area contributed by atoms with E-state index in [0.717, 1.165) is 30.4 Å². The first-order valence-corrected chi connectivity index (χ1v) is 8.14. The first-order valence-electron chi connectivity index (χ1n) is 8.14. The second-order valence-corrected chi connectivity index (χ2v) is 6.18. The molecule has 3 rings (SSSR count). The summed E-state index contributed by atoms with van der Waals surface area (Å²) in [6.45, 7) is -0.560. The molecule has 2 unspecified atom stereocenters. The lowest BCUT2D eigenvalue weighted by Crippen LogP contribution is -2.28. The number of hydrogen-bond donors (Lipinski definition) is 0. The van der Waals surface area contributed by atoms with Crippen LogP contribution in [-0.4, -0.2) is 27.5 Å². The van der Waals surface area contributed by atoms with Gasteiger partial charge in [0.05, 0.1) is 12.8 Å². The Labute approximate surface area is 138 Å². The third-order valence-electron chi connectivity index (χ3n) is 4.47. The minimum Gasteiger partial charge on any atom is -0.492 e. The fraction of sp³-hybridized carbons (Fsp3) is 0.529. The standard InChI is InChI=1S/C17H20F3N3O/c18-17(19,20)12-23-16(7-9-22-23)15-6-2-1-4-13(15)11-24-14-5-3-8-21-10-14/h3,5,7-10,13,15H,1-2,4,6,11-12H2. The molecule has 1 saturated carbocycles. The monoisotopic (exact) mass is 339 g/mol. The predicted molar refractivity (Wildman–Crippen MR) is 82.7 cm³/mol. The minimum atomic E-state index is -4.27. The van der Waals surface area contributed by atoms with E-state index in [1.54, 1.807) is 24.5 Å². The Morgan fingerprint density at radius 3 is 2.75 bits per heavy atom. The van der Waals surface area contributed by atoms with Crippen LogP contribution in [0.3, 0.4) is 0 Å². The van der Waals surface area contributed by atoms with Crippen LogP contribution in [0.2, 0.25) is 0 Å². The molecule has 0 amide bonds. The molecule has 2 aromatic heterocycles. The van der Waals surface area contributed by atoms with Crippen molar-refractivity contribution in [2.75, 3.05) is 6.61 Å². The molecule has 1 aliphatic rings. The molecule has 2 aromatic rings. The summed E-state index contributed by atoms with van der Waals surface area (Å²) in [6, 6.07) is 5.34. The van der Waals surface area contributed by atoms with Crippen LogP contribution in [0.15, 0.2) is 36.8 Å². The Kier molecular flexibility index (Phi) is 5.06. The van der Waals surface area contributed by atoms with Crippen LogP contribution in [0.4, 0.5) is 13.2 Å². The highest BCUT2D eigenvalue weighted by Crippen LogP contribution is 2.38. The second-order valence-electron chi connectivity index (χ2n) is 6.18. The molecule has 7 heteroatoms. The van der Waals surface area contributed by atoms with E-state index in [0.29, 0.717) is 18.1 Å². The van der Waals surface area contributed by atoms with E-state index in [9.17, 15) is 13.2 Å². The zero-order chi connectivity index (χ0) is 17.0. The Hall–Kier alpha value is -2.05. The smallest absolute Gasteiger partial charge is 0.408 e. The van der Waals surface area contributed by atoms with Crippen LogP contribution in [0.25, 0.3) is 0 Å². The Morgan fingerprint density at radius 2 is 2.00 bits per heavy atom. The molecule has 0 N–H and O–H groups in total. The fourth-order valence-electron chi connectivity index (χ4n) is 3.39. The first-order chi connectivity index (χ1) is 11.5. The molecule has 1 fully saturated rings. The Bertz CT molecular complexity index is 642. The molecule has 2 atom stereocenters. The summed E-state index contributed by atoms with van der Waals surface area (Å²) in [5.41, 5.74) is 0.659. The van der Waals surface area contributed by atoms with Gasteiger partial charge in [-0.15, -0.1) is 0 Å². The molecule has 0 saturated heterocycles. The third kappa shape index (κ3) is 4.27. The molecular formula is C17H20F3N3O. The van der Waals surface area contributed by atoms with Gasteiger partial charge in [0.25, 0.3) is 0 Å². The van der Waals surface area contributed by atoms with Gasteiger partial charge in [0.15, 0.2) is 0 Å². The lowest BCUT2D eigenvalue weighted by atomic mass is 9.78. The van der Waals surface area contributed by atoms with Crippen molar-refractivity contribution in [3.8, 4) is 5.75 Å². The summed E-state index contributed by atoms with van der Waals surface area (Å²) in [5, 5.41) is 3.88. The number of alkyl halides is 3. The van der Waals surface area contributed by atoms with Crippen molar-refractivity contribution in [1.82, 2.24) is 14.8 Å². The van der Waals surface area contributed by atoms with Crippen molar-refractivity contribution in [1.29, 1.82) is 0 Å². The van der Waals surface area contributed by atoms with E-state index < -0.39 is 12.7 Å². The summed E-state index contributed by atoms with van der Waals surface area (Å²) in [7, 11) is 0. The van der Waals surface area contributed by atoms with Crippen LogP contribution in [-0.2, 0) is 6.54 Å². The molecule has 24 heavy (non-hydrogen) atoms. The van der Waals surface area contributed by atoms with Gasteiger partial charge in [-0.05, 0) is 31.0 Å². The number of pyridine rings is 1. The van der Waals surface area contributed by atoms with E-state index in [-0.39, 0.29) is 11.8 Å². The normalized spacial score (nSPS) is 21.6. The van der Waals surface area contributed by atoms with Gasteiger partial charge in [-0.2, -0.15) is 18.3 Å². The van der Waals surface area contributed by atoms with Crippen molar-refractivity contribution in [3.63, 3.8) is 0 Å². The largest absolute Gasteiger partial charge is 0.492 e. The van der Waals surface area contributed by atoms with Crippen LogP contribution in [0.5, 0.6) is 5.75 Å². The number of hydrogen-bond acceptors (Lipinski definition) is 3. The highest BCUT2D eigenvalue weighted by molar-refractivity contribution is 5.16. The highest BCUT2D eigenvalue weighted by atomic mass is 19.4. The summed E-state index contributed by atoms with van der Waals surface area (Å²) < 4.78 is 45.1. The number of rotatable bonds is 5. The van der Waals surface area contributed by atoms with Crippen molar-refractivity contribution < 1.29 is 17.9 Å². The van der Waals surface area contributed by atoms with Crippen LogP contribution in [0.1, 0.15) is 37.3 Å². The topological polar surface area (TPSA) is 39.9 Å². The Morgan fingerprint density at radius 1 is 1.17 bits per heavy atom. The maximum absolute atomic E-state index is 12.7. The minimum absolute atomic E-state index is 0.0419. The summed E-state index contributed by atoms with van der Waals surface area (Å²) >= 11 is 0. The fourth-order valence-corrected chi connectivity index (χ4v) is 3.39. The number of ether oxygens (including phenoxy) is 1. The molecule has 130 valence electrons. The number of halogens is 3. The molecule has 0 bridgehead atoms. The summed E-state index contributed by atoms with van der Waals surface area (Å²) in [4.78, 5) is 4.01. The maximum Gasteiger partial charge on any atom is 0.408 e. The van der Waals surface area contributed by atoms with Crippen LogP contribution >= 0.6 is 0 Å². The zero-order valence-electron chi connectivity index (χ0n) is 13.2. The Balaban J connectivity index is 1.72.